The maximum Gasteiger partial charge on any atom is 0.248 e. The van der Waals surface area contributed by atoms with Gasteiger partial charge in [-0.1, -0.05) is 0 Å². The van der Waals surface area contributed by atoms with Crippen molar-refractivity contribution < 1.29 is 23.5 Å². The average Bonchev–Trinajstić information content (AvgIpc) is 3.27. The summed E-state index contributed by atoms with van der Waals surface area (Å²) in [4.78, 5) is 28.5. The Kier molecular flexibility index (Phi) is 6.27. The number of hydrogen-bond donors (Lipinski definition) is 0. The summed E-state index contributed by atoms with van der Waals surface area (Å²) >= 11 is 0. The molecule has 0 radical (unpaired) electrons. The predicted molar refractivity (Wildman–Crippen MR) is 105 cm³/mol. The second-order valence-electron chi connectivity index (χ2n) is 7.56. The van der Waals surface area contributed by atoms with Gasteiger partial charge < -0.3 is 19.3 Å². The first-order valence-corrected chi connectivity index (χ1v) is 10.1. The number of carbonyl (C=O) groups is 2. The van der Waals surface area contributed by atoms with Crippen LogP contribution in [0.2, 0.25) is 0 Å². The van der Waals surface area contributed by atoms with Crippen molar-refractivity contribution >= 4 is 11.8 Å². The Labute approximate surface area is 174 Å². The molecule has 2 aromatic rings. The van der Waals surface area contributed by atoms with Crippen LogP contribution in [0.15, 0.2) is 42.7 Å². The molecule has 3 heterocycles. The van der Waals surface area contributed by atoms with Gasteiger partial charge in [0.1, 0.15) is 37.4 Å². The van der Waals surface area contributed by atoms with Gasteiger partial charge in [-0.05, 0) is 43.2 Å². The van der Waals surface area contributed by atoms with Gasteiger partial charge in [0.2, 0.25) is 11.8 Å². The van der Waals surface area contributed by atoms with Gasteiger partial charge >= 0.3 is 0 Å². The first-order valence-electron chi connectivity index (χ1n) is 10.1. The second kappa shape index (κ2) is 9.25. The number of halogens is 1. The third-order valence-electron chi connectivity index (χ3n) is 5.53. The second-order valence-corrected chi connectivity index (χ2v) is 7.56. The Balaban J connectivity index is 1.26. The summed E-state index contributed by atoms with van der Waals surface area (Å²) in [5.41, 5.74) is 0. The molecular weight excluding hydrogens is 391 g/mol. The van der Waals surface area contributed by atoms with Crippen LogP contribution in [0, 0.1) is 5.82 Å². The smallest absolute Gasteiger partial charge is 0.248 e. The van der Waals surface area contributed by atoms with E-state index in [0.29, 0.717) is 25.4 Å². The number of aromatic nitrogens is 2. The molecule has 2 aliphatic rings. The number of rotatable bonds is 6. The van der Waals surface area contributed by atoms with E-state index in [1.54, 1.807) is 35.3 Å². The SMILES string of the molecule is O=C(Cn1cccn1)N1CCC(N2CC(COc3ccc(F)cc3)OCC2=O)CC1. The average molecular weight is 416 g/mol. The minimum atomic E-state index is -0.317. The van der Waals surface area contributed by atoms with Crippen LogP contribution in [0.5, 0.6) is 5.75 Å². The lowest BCUT2D eigenvalue weighted by molar-refractivity contribution is -0.155. The first-order chi connectivity index (χ1) is 14.6. The van der Waals surface area contributed by atoms with Gasteiger partial charge in [-0.3, -0.25) is 14.3 Å². The van der Waals surface area contributed by atoms with Gasteiger partial charge in [-0.25, -0.2) is 4.39 Å². The molecular formula is C21H25FN4O4. The monoisotopic (exact) mass is 416 g/mol. The van der Waals surface area contributed by atoms with Crippen molar-refractivity contribution in [3.8, 4) is 5.75 Å². The van der Waals surface area contributed by atoms with Crippen molar-refractivity contribution in [1.82, 2.24) is 19.6 Å². The molecule has 160 valence electrons. The highest BCUT2D eigenvalue weighted by atomic mass is 19.1. The summed E-state index contributed by atoms with van der Waals surface area (Å²) in [5, 5.41) is 4.07. The van der Waals surface area contributed by atoms with Crippen LogP contribution < -0.4 is 4.74 Å². The molecule has 2 fully saturated rings. The number of likely N-dealkylation sites (tertiary alicyclic amines) is 1. The molecule has 0 bridgehead atoms. The third kappa shape index (κ3) is 4.96. The Hall–Kier alpha value is -2.94. The molecule has 4 rings (SSSR count). The lowest BCUT2D eigenvalue weighted by atomic mass is 10.0. The number of benzene rings is 1. The summed E-state index contributed by atoms with van der Waals surface area (Å²) in [6.07, 6.45) is 4.65. The number of nitrogens with zero attached hydrogens (tertiary/aromatic N) is 4. The number of amides is 2. The summed E-state index contributed by atoms with van der Waals surface area (Å²) < 4.78 is 25.9. The zero-order chi connectivity index (χ0) is 20.9. The van der Waals surface area contributed by atoms with Gasteiger partial charge in [0.05, 0.1) is 6.54 Å². The van der Waals surface area contributed by atoms with E-state index in [4.69, 9.17) is 9.47 Å². The summed E-state index contributed by atoms with van der Waals surface area (Å²) in [6, 6.07) is 7.69. The standard InChI is InChI=1S/C21H25FN4O4/c22-16-2-4-18(5-3-16)29-14-19-12-26(21(28)15-30-19)17-6-10-24(11-7-17)20(27)13-25-9-1-8-23-25/h1-5,8-9,17,19H,6-7,10-15H2. The van der Waals surface area contributed by atoms with Crippen LogP contribution in [-0.4, -0.2) is 76.4 Å². The Morgan fingerprint density at radius 1 is 1.23 bits per heavy atom. The van der Waals surface area contributed by atoms with E-state index in [1.165, 1.54) is 12.1 Å². The number of ether oxygens (including phenoxy) is 2. The van der Waals surface area contributed by atoms with E-state index in [9.17, 15) is 14.0 Å². The van der Waals surface area contributed by atoms with Gasteiger partial charge in [0.25, 0.3) is 0 Å². The Bertz CT molecular complexity index is 850. The van der Waals surface area contributed by atoms with Crippen molar-refractivity contribution in [3.63, 3.8) is 0 Å². The van der Waals surface area contributed by atoms with Crippen LogP contribution in [0.4, 0.5) is 4.39 Å². The molecule has 0 N–H and O–H groups in total. The maximum absolute atomic E-state index is 13.0. The number of carbonyl (C=O) groups excluding carboxylic acids is 2. The number of morpholine rings is 1. The summed E-state index contributed by atoms with van der Waals surface area (Å²) in [5.74, 6) is 0.250. The van der Waals surface area contributed by atoms with Crippen molar-refractivity contribution in [1.29, 1.82) is 0 Å². The molecule has 30 heavy (non-hydrogen) atoms. The van der Waals surface area contributed by atoms with Gasteiger partial charge in [0, 0.05) is 31.5 Å². The molecule has 0 spiro atoms. The summed E-state index contributed by atoms with van der Waals surface area (Å²) in [6.45, 7) is 2.23. The topological polar surface area (TPSA) is 76.9 Å². The zero-order valence-corrected chi connectivity index (χ0v) is 16.7. The minimum absolute atomic E-state index is 0.0237. The van der Waals surface area contributed by atoms with Gasteiger partial charge in [-0.2, -0.15) is 5.10 Å². The lowest BCUT2D eigenvalue weighted by Gasteiger charge is -2.42. The van der Waals surface area contributed by atoms with E-state index in [1.807, 2.05) is 9.80 Å². The van der Waals surface area contributed by atoms with Crippen LogP contribution >= 0.6 is 0 Å². The van der Waals surface area contributed by atoms with Crippen molar-refractivity contribution in [2.24, 2.45) is 0 Å². The van der Waals surface area contributed by atoms with Crippen LogP contribution in [0.3, 0.4) is 0 Å². The minimum Gasteiger partial charge on any atom is -0.491 e. The maximum atomic E-state index is 13.0. The van der Waals surface area contributed by atoms with E-state index in [2.05, 4.69) is 5.10 Å². The van der Waals surface area contributed by atoms with E-state index >= 15 is 0 Å². The number of hydrogen-bond acceptors (Lipinski definition) is 5. The van der Waals surface area contributed by atoms with E-state index in [0.717, 1.165) is 12.8 Å². The normalized spacial score (nSPS) is 20.4. The molecule has 1 aromatic carbocycles. The van der Waals surface area contributed by atoms with E-state index < -0.39 is 0 Å². The highest BCUT2D eigenvalue weighted by Gasteiger charge is 2.34. The fourth-order valence-corrected chi connectivity index (χ4v) is 3.88. The predicted octanol–water partition coefficient (Wildman–Crippen LogP) is 1.32. The molecule has 2 amide bonds. The zero-order valence-electron chi connectivity index (χ0n) is 16.7. The van der Waals surface area contributed by atoms with Crippen molar-refractivity contribution in [2.45, 2.75) is 31.5 Å². The molecule has 1 aromatic heterocycles. The third-order valence-corrected chi connectivity index (χ3v) is 5.53. The molecule has 1 atom stereocenters. The van der Waals surface area contributed by atoms with Gasteiger partial charge in [-0.15, -0.1) is 0 Å². The van der Waals surface area contributed by atoms with Crippen LogP contribution in [0.1, 0.15) is 12.8 Å². The van der Waals surface area contributed by atoms with Gasteiger partial charge in [0.15, 0.2) is 0 Å². The molecule has 8 nitrogen and oxygen atoms in total. The quantitative estimate of drug-likeness (QED) is 0.710. The van der Waals surface area contributed by atoms with E-state index in [-0.39, 0.29) is 49.5 Å². The number of piperidine rings is 1. The molecule has 1 unspecified atom stereocenters. The lowest BCUT2D eigenvalue weighted by Crippen LogP contribution is -2.56. The van der Waals surface area contributed by atoms with Crippen LogP contribution in [0.25, 0.3) is 0 Å². The molecule has 2 aliphatic heterocycles. The highest BCUT2D eigenvalue weighted by molar-refractivity contribution is 5.79. The van der Waals surface area contributed by atoms with Crippen molar-refractivity contribution in [3.05, 3.63) is 48.5 Å². The van der Waals surface area contributed by atoms with Crippen molar-refractivity contribution in [2.75, 3.05) is 32.8 Å². The first kappa shape index (κ1) is 20.3. The molecule has 0 saturated carbocycles. The fraction of sp³-hybridized carbons (Fsp3) is 0.476. The molecule has 0 aliphatic carbocycles. The largest absolute Gasteiger partial charge is 0.491 e. The van der Waals surface area contributed by atoms with Crippen LogP contribution in [-0.2, 0) is 20.9 Å². The highest BCUT2D eigenvalue weighted by Crippen LogP contribution is 2.21. The fourth-order valence-electron chi connectivity index (χ4n) is 3.88. The summed E-state index contributed by atoms with van der Waals surface area (Å²) in [7, 11) is 0. The Morgan fingerprint density at radius 3 is 2.70 bits per heavy atom. The molecule has 2 saturated heterocycles. The molecule has 9 heteroatoms. The Morgan fingerprint density at radius 2 is 2.00 bits per heavy atom.